The third-order valence-electron chi connectivity index (χ3n) is 14.3. The van der Waals surface area contributed by atoms with Crippen molar-refractivity contribution in [3.8, 4) is 16.9 Å². The molecule has 3 fully saturated rings. The number of hydrogen-bond acceptors (Lipinski definition) is 14. The maximum atomic E-state index is 15.2. The maximum Gasteiger partial charge on any atom is 0.420 e. The minimum Gasteiger partial charge on any atom is -0.490 e. The first-order chi connectivity index (χ1) is 35.1. The molecule has 3 aliphatic heterocycles. The van der Waals surface area contributed by atoms with E-state index >= 15 is 13.2 Å². The molecule has 7 aromatic rings. The highest BCUT2D eigenvalue weighted by atomic mass is 32.1. The van der Waals surface area contributed by atoms with E-state index in [-0.39, 0.29) is 59.4 Å². The average molecular weight is 1010 g/mol. The smallest absolute Gasteiger partial charge is 0.420 e. The molecule has 4 aliphatic rings. The predicted octanol–water partition coefficient (Wildman–Crippen LogP) is 7.35. The number of aryl methyl sites for hydroxylation is 1. The fourth-order valence-electron chi connectivity index (χ4n) is 10.7. The Labute approximate surface area is 418 Å². The number of carbonyl (C=O) groups is 5. The van der Waals surface area contributed by atoms with Gasteiger partial charge in [-0.15, -0.1) is 0 Å². The Hall–Kier alpha value is -7.85. The number of nitrogens with zero attached hydrogens (tertiary/aromatic N) is 8. The maximum absolute atomic E-state index is 15.2. The number of halogens is 3. The highest BCUT2D eigenvalue weighted by Crippen LogP contribution is 2.52. The van der Waals surface area contributed by atoms with Crippen molar-refractivity contribution < 1.29 is 47.0 Å². The number of rotatable bonds is 11. The van der Waals surface area contributed by atoms with E-state index in [0.29, 0.717) is 91.4 Å². The Bertz CT molecular complexity index is 3370. The molecule has 1 saturated carbocycles. The van der Waals surface area contributed by atoms with Gasteiger partial charge in [0.25, 0.3) is 5.91 Å². The summed E-state index contributed by atoms with van der Waals surface area (Å²) in [5.74, 6) is -3.42. The van der Waals surface area contributed by atoms with Crippen LogP contribution in [0.3, 0.4) is 0 Å². The lowest BCUT2D eigenvalue weighted by atomic mass is 9.61. The summed E-state index contributed by atoms with van der Waals surface area (Å²) in [5, 5.41) is 24.1. The number of anilines is 3. The monoisotopic (exact) mass is 1010 g/mol. The standard InChI is InChI=1S/C51H46F3N11O7S/c1-63-45-31(42(62-63)32-11-14-39(66)60-46(32)68)9-12-37(58-45)57-40(67)26-64-21-17-50(18-22-64)23-28(24-50)72-35-7-4-5-29(41(35)51(52,53)54)30-10-13-38(59-44(30)48(70)71)65-20-16-27-15-19-55-43(33(27)25-65)47(69)61-49-56-34-6-2-3-8-36(34)73-49/h2-10,12-13,15,19,28,32H,11,14,16-18,20-26H2,1H3,(H,70,71)(H,56,61,69)(H,57,58,67)(H,60,66,68). The fraction of sp³-hybridized carbons (Fsp3) is 0.333. The Morgan fingerprint density at radius 3 is 2.48 bits per heavy atom. The first-order valence-corrected chi connectivity index (χ1v) is 24.6. The average Bonchev–Trinajstić information content (AvgIpc) is 3.92. The quantitative estimate of drug-likeness (QED) is 0.0930. The lowest BCUT2D eigenvalue weighted by Gasteiger charge is -2.51. The van der Waals surface area contributed by atoms with Crippen LogP contribution in [0.15, 0.2) is 79.0 Å². The number of piperidine rings is 2. The van der Waals surface area contributed by atoms with E-state index in [9.17, 15) is 29.1 Å². The van der Waals surface area contributed by atoms with Crippen LogP contribution in [0.25, 0.3) is 32.4 Å². The van der Waals surface area contributed by atoms with Crippen LogP contribution < -0.4 is 25.6 Å². The number of aromatic nitrogens is 6. The van der Waals surface area contributed by atoms with Crippen LogP contribution in [-0.4, -0.2) is 102 Å². The van der Waals surface area contributed by atoms with Gasteiger partial charge in [0, 0.05) is 54.8 Å². The number of carbonyl (C=O) groups excluding carboxylic acids is 4. The van der Waals surface area contributed by atoms with Crippen LogP contribution in [0.5, 0.6) is 5.75 Å². The minimum absolute atomic E-state index is 0.105. The highest BCUT2D eigenvalue weighted by molar-refractivity contribution is 7.22. The molecule has 374 valence electrons. The molecule has 11 rings (SSSR count). The number of para-hydroxylation sites is 1. The van der Waals surface area contributed by atoms with Crippen LogP contribution in [0.2, 0.25) is 0 Å². The third-order valence-corrected chi connectivity index (χ3v) is 15.3. The van der Waals surface area contributed by atoms with Gasteiger partial charge in [-0.1, -0.05) is 35.6 Å². The molecule has 18 nitrogen and oxygen atoms in total. The van der Waals surface area contributed by atoms with Crippen LogP contribution in [0, 0.1) is 5.41 Å². The first kappa shape index (κ1) is 47.5. The Morgan fingerprint density at radius 1 is 0.904 bits per heavy atom. The van der Waals surface area contributed by atoms with E-state index in [1.807, 2.05) is 35.2 Å². The zero-order valence-electron chi connectivity index (χ0n) is 39.2. The second kappa shape index (κ2) is 18.6. The predicted molar refractivity (Wildman–Crippen MR) is 262 cm³/mol. The lowest BCUT2D eigenvalue weighted by Crippen LogP contribution is -2.52. The van der Waals surface area contributed by atoms with Gasteiger partial charge in [0.2, 0.25) is 17.7 Å². The number of hydrogen-bond donors (Lipinski definition) is 4. The summed E-state index contributed by atoms with van der Waals surface area (Å²) in [7, 11) is 1.69. The molecule has 1 aliphatic carbocycles. The molecular formula is C51H46F3N11O7S. The largest absolute Gasteiger partial charge is 0.490 e. The molecule has 0 radical (unpaired) electrons. The molecule has 1 atom stereocenters. The van der Waals surface area contributed by atoms with E-state index in [0.717, 1.165) is 15.8 Å². The molecule has 4 amide bonds. The summed E-state index contributed by atoms with van der Waals surface area (Å²) in [5.41, 5.74) is 0.977. The highest BCUT2D eigenvalue weighted by Gasteiger charge is 2.48. The number of imide groups is 1. The van der Waals surface area contributed by atoms with Gasteiger partial charge in [-0.05, 0) is 111 Å². The van der Waals surface area contributed by atoms with Gasteiger partial charge in [0.1, 0.15) is 28.6 Å². The van der Waals surface area contributed by atoms with Crippen LogP contribution in [-0.2, 0) is 40.6 Å². The van der Waals surface area contributed by atoms with Crippen molar-refractivity contribution in [3.63, 3.8) is 0 Å². The van der Waals surface area contributed by atoms with Gasteiger partial charge in [0.15, 0.2) is 16.5 Å². The van der Waals surface area contributed by atoms with Crippen molar-refractivity contribution in [1.82, 2.24) is 39.9 Å². The van der Waals surface area contributed by atoms with E-state index in [2.05, 4.69) is 41.0 Å². The van der Waals surface area contributed by atoms with Crippen molar-refractivity contribution in [1.29, 1.82) is 0 Å². The van der Waals surface area contributed by atoms with Crippen LogP contribution in [0.1, 0.15) is 87.8 Å². The van der Waals surface area contributed by atoms with Crippen molar-refractivity contribution >= 4 is 79.0 Å². The number of benzene rings is 2. The van der Waals surface area contributed by atoms with Crippen molar-refractivity contribution in [2.45, 2.75) is 69.7 Å². The summed E-state index contributed by atoms with van der Waals surface area (Å²) in [6.45, 7) is 1.83. The van der Waals surface area contributed by atoms with E-state index in [4.69, 9.17) is 4.74 Å². The summed E-state index contributed by atoms with van der Waals surface area (Å²) in [6, 6.07) is 19.4. The molecule has 5 aromatic heterocycles. The molecular weight excluding hydrogens is 968 g/mol. The van der Waals surface area contributed by atoms with Crippen molar-refractivity contribution in [3.05, 3.63) is 113 Å². The molecule has 4 N–H and O–H groups in total. The Kier molecular flexibility index (Phi) is 12.1. The van der Waals surface area contributed by atoms with Gasteiger partial charge in [-0.25, -0.2) is 19.7 Å². The molecule has 8 heterocycles. The fourth-order valence-corrected chi connectivity index (χ4v) is 11.5. The summed E-state index contributed by atoms with van der Waals surface area (Å²) >= 11 is 1.33. The topological polar surface area (TPSA) is 227 Å². The van der Waals surface area contributed by atoms with E-state index in [1.54, 1.807) is 30.3 Å². The number of pyridine rings is 3. The number of nitrogens with one attached hydrogen (secondary N) is 3. The van der Waals surface area contributed by atoms with Gasteiger partial charge >= 0.3 is 12.1 Å². The number of likely N-dealkylation sites (tertiary alicyclic amines) is 1. The summed E-state index contributed by atoms with van der Waals surface area (Å²) in [6.07, 6.45) is -0.388. The number of alkyl halides is 3. The van der Waals surface area contributed by atoms with Gasteiger partial charge < -0.3 is 20.1 Å². The van der Waals surface area contributed by atoms with Gasteiger partial charge in [0.05, 0.1) is 34.5 Å². The minimum atomic E-state index is -4.92. The second-order valence-electron chi connectivity index (χ2n) is 19.0. The lowest BCUT2D eigenvalue weighted by molar-refractivity contribution is -0.140. The zero-order chi connectivity index (χ0) is 50.8. The SMILES string of the molecule is Cn1nc(C2CCC(=O)NC2=O)c2ccc(NC(=O)CN3CCC4(CC3)CC(Oc3cccc(-c5ccc(N6CCc7ccnc(C(=O)Nc8nc9ccccc9s8)c7C6)nc5C(=O)O)c3C(F)(F)F)C4)nc21. The van der Waals surface area contributed by atoms with Crippen molar-refractivity contribution in [2.24, 2.45) is 12.5 Å². The van der Waals surface area contributed by atoms with Crippen LogP contribution in [0.4, 0.5) is 29.9 Å². The molecule has 22 heteroatoms. The normalized spacial score (nSPS) is 18.1. The number of aromatic carboxylic acids is 1. The second-order valence-corrected chi connectivity index (χ2v) is 20.0. The first-order valence-electron chi connectivity index (χ1n) is 23.8. The molecule has 0 bridgehead atoms. The third kappa shape index (κ3) is 9.31. The Morgan fingerprint density at radius 2 is 1.71 bits per heavy atom. The number of ether oxygens (including phenoxy) is 1. The number of amides is 4. The number of thiazole rings is 1. The molecule has 2 aromatic carbocycles. The van der Waals surface area contributed by atoms with Crippen LogP contribution >= 0.6 is 11.3 Å². The van der Waals surface area contributed by atoms with Gasteiger partial charge in [-0.3, -0.25) is 44.4 Å². The van der Waals surface area contributed by atoms with E-state index < -0.39 is 53.0 Å². The number of carboxylic acids is 1. The molecule has 73 heavy (non-hydrogen) atoms. The summed E-state index contributed by atoms with van der Waals surface area (Å²) in [4.78, 5) is 85.5. The summed E-state index contributed by atoms with van der Waals surface area (Å²) < 4.78 is 54.0. The van der Waals surface area contributed by atoms with E-state index in [1.165, 1.54) is 46.4 Å². The molecule has 1 unspecified atom stereocenters. The Balaban J connectivity index is 0.730. The number of fused-ring (bicyclic) bond motifs is 3. The number of carboxylic acid groups (broad SMARTS) is 1. The zero-order valence-corrected chi connectivity index (χ0v) is 40.0. The molecule has 2 saturated heterocycles. The van der Waals surface area contributed by atoms with Gasteiger partial charge in [-0.2, -0.15) is 18.3 Å². The molecule has 1 spiro atoms. The van der Waals surface area contributed by atoms with Crippen molar-refractivity contribution in [2.75, 3.05) is 41.7 Å².